The van der Waals surface area contributed by atoms with Gasteiger partial charge < -0.3 is 15.7 Å². The molecule has 0 spiro atoms. The molecular weight excluding hydrogens is 256 g/mol. The monoisotopic (exact) mass is 268 g/mol. The molecule has 0 aromatic heterocycles. The summed E-state index contributed by atoms with van der Waals surface area (Å²) in [5.41, 5.74) is 0.218. The van der Waals surface area contributed by atoms with E-state index in [2.05, 4.69) is 10.6 Å². The Labute approximate surface area is 109 Å². The van der Waals surface area contributed by atoms with Gasteiger partial charge in [0.05, 0.1) is 11.3 Å². The van der Waals surface area contributed by atoms with Crippen LogP contribution in [0.3, 0.4) is 0 Å². The van der Waals surface area contributed by atoms with E-state index in [1.807, 2.05) is 0 Å². The van der Waals surface area contributed by atoms with Crippen molar-refractivity contribution < 1.29 is 14.7 Å². The maximum atomic E-state index is 11.6. The van der Waals surface area contributed by atoms with Gasteiger partial charge in [0.25, 0.3) is 0 Å². The van der Waals surface area contributed by atoms with E-state index in [0.29, 0.717) is 5.02 Å². The van der Waals surface area contributed by atoms with Gasteiger partial charge in [-0.3, -0.25) is 0 Å². The largest absolute Gasteiger partial charge is 0.478 e. The number of rotatable bonds is 3. The van der Waals surface area contributed by atoms with Crippen LogP contribution in [0.1, 0.15) is 29.6 Å². The van der Waals surface area contributed by atoms with Crippen molar-refractivity contribution in [1.29, 1.82) is 0 Å². The lowest BCUT2D eigenvalue weighted by atomic mass is 9.93. The van der Waals surface area contributed by atoms with Crippen molar-refractivity contribution in [2.45, 2.75) is 25.3 Å². The number of amides is 2. The molecule has 18 heavy (non-hydrogen) atoms. The van der Waals surface area contributed by atoms with Crippen LogP contribution < -0.4 is 10.6 Å². The average molecular weight is 269 g/mol. The summed E-state index contributed by atoms with van der Waals surface area (Å²) in [4.78, 5) is 22.6. The van der Waals surface area contributed by atoms with Crippen molar-refractivity contribution in [3.05, 3.63) is 28.8 Å². The van der Waals surface area contributed by atoms with Crippen LogP contribution in [0, 0.1) is 0 Å². The first-order valence-electron chi connectivity index (χ1n) is 5.66. The van der Waals surface area contributed by atoms with E-state index < -0.39 is 5.97 Å². The molecule has 1 aliphatic carbocycles. The maximum absolute atomic E-state index is 11.6. The Balaban J connectivity index is 2.07. The van der Waals surface area contributed by atoms with Crippen molar-refractivity contribution in [3.8, 4) is 0 Å². The van der Waals surface area contributed by atoms with Crippen LogP contribution >= 0.6 is 11.6 Å². The molecule has 0 saturated heterocycles. The van der Waals surface area contributed by atoms with Crippen LogP contribution in [0.25, 0.3) is 0 Å². The number of halogens is 1. The quantitative estimate of drug-likeness (QED) is 0.789. The molecule has 5 nitrogen and oxygen atoms in total. The van der Waals surface area contributed by atoms with E-state index in [4.69, 9.17) is 16.7 Å². The second-order valence-electron chi connectivity index (χ2n) is 4.22. The number of carboxylic acid groups (broad SMARTS) is 1. The summed E-state index contributed by atoms with van der Waals surface area (Å²) >= 11 is 5.72. The molecule has 0 heterocycles. The molecular formula is C12H13ClN2O3. The van der Waals surface area contributed by atoms with Crippen molar-refractivity contribution in [3.63, 3.8) is 0 Å². The fraction of sp³-hybridized carbons (Fsp3) is 0.333. The van der Waals surface area contributed by atoms with E-state index in [-0.39, 0.29) is 23.3 Å². The third kappa shape index (κ3) is 2.92. The number of anilines is 1. The van der Waals surface area contributed by atoms with E-state index in [9.17, 15) is 9.59 Å². The highest BCUT2D eigenvalue weighted by Gasteiger charge is 2.20. The average Bonchev–Trinajstić information content (AvgIpc) is 2.26. The maximum Gasteiger partial charge on any atom is 0.337 e. The first kappa shape index (κ1) is 12.7. The summed E-state index contributed by atoms with van der Waals surface area (Å²) < 4.78 is 0. The molecule has 2 amide bonds. The number of hydrogen-bond acceptors (Lipinski definition) is 2. The molecule has 1 aromatic rings. The topological polar surface area (TPSA) is 78.4 Å². The number of urea groups is 1. The smallest absolute Gasteiger partial charge is 0.337 e. The number of nitrogens with one attached hydrogen (secondary N) is 2. The molecule has 6 heteroatoms. The number of carbonyl (C=O) groups excluding carboxylic acids is 1. The van der Waals surface area contributed by atoms with Crippen LogP contribution in [0.4, 0.5) is 10.5 Å². The molecule has 0 unspecified atom stereocenters. The van der Waals surface area contributed by atoms with Crippen molar-refractivity contribution in [2.75, 3.05) is 5.32 Å². The van der Waals surface area contributed by atoms with Gasteiger partial charge in [0, 0.05) is 11.1 Å². The van der Waals surface area contributed by atoms with Crippen molar-refractivity contribution in [1.82, 2.24) is 5.32 Å². The lowest BCUT2D eigenvalue weighted by Gasteiger charge is -2.26. The zero-order valence-corrected chi connectivity index (χ0v) is 10.3. The third-order valence-electron chi connectivity index (χ3n) is 2.90. The summed E-state index contributed by atoms with van der Waals surface area (Å²) in [6.07, 6.45) is 3.06. The van der Waals surface area contributed by atoms with Gasteiger partial charge in [0.15, 0.2) is 0 Å². The summed E-state index contributed by atoms with van der Waals surface area (Å²) in [6.45, 7) is 0. The molecule has 1 saturated carbocycles. The number of hydrogen-bond donors (Lipinski definition) is 3. The highest BCUT2D eigenvalue weighted by atomic mass is 35.5. The fourth-order valence-corrected chi connectivity index (χ4v) is 1.87. The molecule has 0 bridgehead atoms. The SMILES string of the molecule is O=C(Nc1ccc(Cl)cc1C(=O)O)NC1CCC1. The summed E-state index contributed by atoms with van der Waals surface area (Å²) in [5, 5.41) is 14.6. The van der Waals surface area contributed by atoms with Crippen LogP contribution in [0.2, 0.25) is 5.02 Å². The molecule has 0 aliphatic heterocycles. The highest BCUT2D eigenvalue weighted by Crippen LogP contribution is 2.21. The molecule has 0 atom stereocenters. The molecule has 3 N–H and O–H groups in total. The Morgan fingerprint density at radius 1 is 1.33 bits per heavy atom. The van der Waals surface area contributed by atoms with E-state index in [0.717, 1.165) is 19.3 Å². The van der Waals surface area contributed by atoms with Crippen LogP contribution in [0.5, 0.6) is 0 Å². The van der Waals surface area contributed by atoms with Gasteiger partial charge in [-0.2, -0.15) is 0 Å². The standard InChI is InChI=1S/C12H13ClN2O3/c13-7-4-5-10(9(6-7)11(16)17)15-12(18)14-8-2-1-3-8/h4-6,8H,1-3H2,(H,16,17)(H2,14,15,18). The minimum atomic E-state index is -1.13. The third-order valence-corrected chi connectivity index (χ3v) is 3.14. The number of aromatic carboxylic acids is 1. The first-order valence-corrected chi connectivity index (χ1v) is 6.04. The molecule has 1 aromatic carbocycles. The van der Waals surface area contributed by atoms with Gasteiger partial charge in [0.2, 0.25) is 0 Å². The van der Waals surface area contributed by atoms with E-state index in [1.54, 1.807) is 0 Å². The molecule has 0 radical (unpaired) electrons. The summed E-state index contributed by atoms with van der Waals surface area (Å²) in [5.74, 6) is -1.13. The normalized spacial score (nSPS) is 14.7. The van der Waals surface area contributed by atoms with Gasteiger partial charge in [0.1, 0.15) is 0 Å². The lowest BCUT2D eigenvalue weighted by Crippen LogP contribution is -2.42. The molecule has 96 valence electrons. The highest BCUT2D eigenvalue weighted by molar-refractivity contribution is 6.31. The zero-order valence-electron chi connectivity index (χ0n) is 9.57. The first-order chi connectivity index (χ1) is 8.56. The van der Waals surface area contributed by atoms with E-state index >= 15 is 0 Å². The predicted octanol–water partition coefficient (Wildman–Crippen LogP) is 2.71. The molecule has 1 aliphatic rings. The lowest BCUT2D eigenvalue weighted by molar-refractivity contribution is 0.0698. The minimum Gasteiger partial charge on any atom is -0.478 e. The Bertz CT molecular complexity index is 486. The molecule has 2 rings (SSSR count). The number of benzene rings is 1. The number of carboxylic acids is 1. The van der Waals surface area contributed by atoms with Gasteiger partial charge in [-0.25, -0.2) is 9.59 Å². The Morgan fingerprint density at radius 3 is 2.61 bits per heavy atom. The Hall–Kier alpha value is -1.75. The fourth-order valence-electron chi connectivity index (χ4n) is 1.70. The van der Waals surface area contributed by atoms with Gasteiger partial charge in [-0.05, 0) is 37.5 Å². The van der Waals surface area contributed by atoms with Crippen LogP contribution in [0.15, 0.2) is 18.2 Å². The van der Waals surface area contributed by atoms with Gasteiger partial charge >= 0.3 is 12.0 Å². The second-order valence-corrected chi connectivity index (χ2v) is 4.66. The van der Waals surface area contributed by atoms with Crippen LogP contribution in [-0.4, -0.2) is 23.1 Å². The zero-order chi connectivity index (χ0) is 13.1. The van der Waals surface area contributed by atoms with Crippen LogP contribution in [-0.2, 0) is 0 Å². The Morgan fingerprint density at radius 2 is 2.06 bits per heavy atom. The van der Waals surface area contributed by atoms with Crippen molar-refractivity contribution >= 4 is 29.3 Å². The predicted molar refractivity (Wildman–Crippen MR) is 68.2 cm³/mol. The molecule has 1 fully saturated rings. The van der Waals surface area contributed by atoms with E-state index in [1.165, 1.54) is 18.2 Å². The second kappa shape index (κ2) is 5.27. The summed E-state index contributed by atoms with van der Waals surface area (Å²) in [6, 6.07) is 4.14. The van der Waals surface area contributed by atoms with Crippen molar-refractivity contribution in [2.24, 2.45) is 0 Å². The minimum absolute atomic E-state index is 0.0220. The van der Waals surface area contributed by atoms with Gasteiger partial charge in [-0.1, -0.05) is 11.6 Å². The summed E-state index contributed by atoms with van der Waals surface area (Å²) in [7, 11) is 0. The number of carbonyl (C=O) groups is 2. The van der Waals surface area contributed by atoms with Gasteiger partial charge in [-0.15, -0.1) is 0 Å². The Kier molecular flexibility index (Phi) is 3.72.